The van der Waals surface area contributed by atoms with Crippen molar-refractivity contribution in [3.05, 3.63) is 0 Å². The highest BCUT2D eigenvalue weighted by molar-refractivity contribution is 4.92. The summed E-state index contributed by atoms with van der Waals surface area (Å²) in [5.74, 6) is 0.755. The molecule has 0 aromatic carbocycles. The van der Waals surface area contributed by atoms with Crippen LogP contribution in [0.25, 0.3) is 0 Å². The lowest BCUT2D eigenvalue weighted by atomic mass is 9.79. The first-order valence-corrected chi connectivity index (χ1v) is 7.17. The summed E-state index contributed by atoms with van der Waals surface area (Å²) in [7, 11) is 0. The zero-order chi connectivity index (χ0) is 12.3. The molecule has 3 heteroatoms. The molecule has 1 heterocycles. The van der Waals surface area contributed by atoms with Crippen LogP contribution in [0.5, 0.6) is 0 Å². The first kappa shape index (κ1) is 13.3. The molecule has 3 nitrogen and oxygen atoms in total. The standard InChI is InChI=1S/C14H28N2O/c1-12(2)9-16(13-3-4-13)11-14(10-15)5-7-17-8-6-14/h12-13H,3-11,15H2,1-2H3. The first-order chi connectivity index (χ1) is 8.15. The molecule has 2 aliphatic rings. The maximum absolute atomic E-state index is 6.06. The molecule has 0 radical (unpaired) electrons. The van der Waals surface area contributed by atoms with Gasteiger partial charge in [0.25, 0.3) is 0 Å². The number of nitrogens with zero attached hydrogens (tertiary/aromatic N) is 1. The van der Waals surface area contributed by atoms with Gasteiger partial charge in [-0.15, -0.1) is 0 Å². The molecule has 100 valence electrons. The third kappa shape index (κ3) is 3.67. The summed E-state index contributed by atoms with van der Waals surface area (Å²) in [6.45, 7) is 9.67. The molecule has 0 spiro atoms. The highest BCUT2D eigenvalue weighted by Crippen LogP contribution is 2.35. The summed E-state index contributed by atoms with van der Waals surface area (Å²) in [6, 6.07) is 0.851. The van der Waals surface area contributed by atoms with Gasteiger partial charge in [-0.05, 0) is 43.6 Å². The number of rotatable bonds is 6. The molecule has 2 N–H and O–H groups in total. The molecular formula is C14H28N2O. The van der Waals surface area contributed by atoms with Crippen LogP contribution in [-0.2, 0) is 4.74 Å². The minimum atomic E-state index is 0.329. The summed E-state index contributed by atoms with van der Waals surface area (Å²) in [6.07, 6.45) is 5.07. The molecule has 1 aliphatic carbocycles. The molecule has 0 aromatic heterocycles. The van der Waals surface area contributed by atoms with Crippen molar-refractivity contribution >= 4 is 0 Å². The van der Waals surface area contributed by atoms with E-state index in [1.807, 2.05) is 0 Å². The Hall–Kier alpha value is -0.120. The zero-order valence-corrected chi connectivity index (χ0v) is 11.5. The van der Waals surface area contributed by atoms with E-state index in [1.54, 1.807) is 0 Å². The van der Waals surface area contributed by atoms with Gasteiger partial charge >= 0.3 is 0 Å². The number of ether oxygens (including phenoxy) is 1. The van der Waals surface area contributed by atoms with Gasteiger partial charge in [-0.1, -0.05) is 13.8 Å². The normalized spacial score (nSPS) is 24.5. The second kappa shape index (κ2) is 5.68. The Morgan fingerprint density at radius 1 is 1.29 bits per heavy atom. The molecule has 0 atom stereocenters. The fraction of sp³-hybridized carbons (Fsp3) is 1.00. The van der Waals surface area contributed by atoms with E-state index in [1.165, 1.54) is 25.9 Å². The molecule has 0 bridgehead atoms. The Morgan fingerprint density at radius 2 is 1.94 bits per heavy atom. The van der Waals surface area contributed by atoms with Crippen molar-refractivity contribution in [2.75, 3.05) is 32.8 Å². The monoisotopic (exact) mass is 240 g/mol. The topological polar surface area (TPSA) is 38.5 Å². The van der Waals surface area contributed by atoms with Crippen LogP contribution in [0.2, 0.25) is 0 Å². The summed E-state index contributed by atoms with van der Waals surface area (Å²) >= 11 is 0. The summed E-state index contributed by atoms with van der Waals surface area (Å²) < 4.78 is 5.49. The number of nitrogens with two attached hydrogens (primary N) is 1. The SMILES string of the molecule is CC(C)CN(CC1(CN)CCOCC1)C1CC1. The molecule has 1 saturated carbocycles. The van der Waals surface area contributed by atoms with Crippen molar-refractivity contribution in [1.82, 2.24) is 4.90 Å². The molecule has 0 aromatic rings. The van der Waals surface area contributed by atoms with E-state index in [0.717, 1.165) is 44.6 Å². The van der Waals surface area contributed by atoms with E-state index in [-0.39, 0.29) is 0 Å². The average Bonchev–Trinajstić information content (AvgIpc) is 3.13. The Labute approximate surface area is 106 Å². The predicted molar refractivity (Wildman–Crippen MR) is 71.0 cm³/mol. The van der Waals surface area contributed by atoms with E-state index in [0.29, 0.717) is 5.41 Å². The Morgan fingerprint density at radius 3 is 2.41 bits per heavy atom. The molecule has 1 saturated heterocycles. The molecular weight excluding hydrogens is 212 g/mol. The lowest BCUT2D eigenvalue weighted by Gasteiger charge is -2.41. The van der Waals surface area contributed by atoms with E-state index in [4.69, 9.17) is 10.5 Å². The van der Waals surface area contributed by atoms with Crippen molar-refractivity contribution in [3.63, 3.8) is 0 Å². The van der Waals surface area contributed by atoms with Crippen molar-refractivity contribution < 1.29 is 4.74 Å². The fourth-order valence-electron chi connectivity index (χ4n) is 2.91. The quantitative estimate of drug-likeness (QED) is 0.770. The van der Waals surface area contributed by atoms with Gasteiger partial charge < -0.3 is 10.5 Å². The van der Waals surface area contributed by atoms with E-state index >= 15 is 0 Å². The minimum Gasteiger partial charge on any atom is -0.381 e. The van der Waals surface area contributed by atoms with Crippen molar-refractivity contribution in [2.45, 2.75) is 45.6 Å². The van der Waals surface area contributed by atoms with Gasteiger partial charge in [0.2, 0.25) is 0 Å². The van der Waals surface area contributed by atoms with Crippen molar-refractivity contribution in [1.29, 1.82) is 0 Å². The van der Waals surface area contributed by atoms with Gasteiger partial charge in [-0.2, -0.15) is 0 Å². The zero-order valence-electron chi connectivity index (χ0n) is 11.5. The van der Waals surface area contributed by atoms with Gasteiger partial charge in [0.15, 0.2) is 0 Å². The van der Waals surface area contributed by atoms with Crippen LogP contribution in [0.3, 0.4) is 0 Å². The second-order valence-corrected chi connectivity index (χ2v) is 6.37. The fourth-order valence-corrected chi connectivity index (χ4v) is 2.91. The van der Waals surface area contributed by atoms with E-state index < -0.39 is 0 Å². The maximum Gasteiger partial charge on any atom is 0.0472 e. The van der Waals surface area contributed by atoms with Gasteiger partial charge in [-0.3, -0.25) is 4.90 Å². The van der Waals surface area contributed by atoms with Gasteiger partial charge in [0.05, 0.1) is 0 Å². The molecule has 1 aliphatic heterocycles. The minimum absolute atomic E-state index is 0.329. The summed E-state index contributed by atoms with van der Waals surface area (Å²) in [5.41, 5.74) is 6.38. The molecule has 0 unspecified atom stereocenters. The smallest absolute Gasteiger partial charge is 0.0472 e. The summed E-state index contributed by atoms with van der Waals surface area (Å²) in [5, 5.41) is 0. The van der Waals surface area contributed by atoms with Crippen LogP contribution in [0.1, 0.15) is 39.5 Å². The molecule has 0 amide bonds. The predicted octanol–water partition coefficient (Wildman–Crippen LogP) is 1.86. The van der Waals surface area contributed by atoms with Crippen LogP contribution in [0, 0.1) is 11.3 Å². The van der Waals surface area contributed by atoms with E-state index in [9.17, 15) is 0 Å². The number of hydrogen-bond donors (Lipinski definition) is 1. The molecule has 17 heavy (non-hydrogen) atoms. The van der Waals surface area contributed by atoms with Gasteiger partial charge in [-0.25, -0.2) is 0 Å². The highest BCUT2D eigenvalue weighted by Gasteiger charge is 2.38. The van der Waals surface area contributed by atoms with Crippen molar-refractivity contribution in [3.8, 4) is 0 Å². The lowest BCUT2D eigenvalue weighted by molar-refractivity contribution is -0.00335. The van der Waals surface area contributed by atoms with Crippen LogP contribution in [-0.4, -0.2) is 43.8 Å². The third-order valence-corrected chi connectivity index (χ3v) is 4.19. The van der Waals surface area contributed by atoms with E-state index in [2.05, 4.69) is 18.7 Å². The van der Waals surface area contributed by atoms with Gasteiger partial charge in [0, 0.05) is 32.3 Å². The van der Waals surface area contributed by atoms with Crippen LogP contribution in [0.4, 0.5) is 0 Å². The lowest BCUT2D eigenvalue weighted by Crippen LogP contribution is -2.47. The Balaban J connectivity index is 1.94. The van der Waals surface area contributed by atoms with Crippen LogP contribution in [0.15, 0.2) is 0 Å². The summed E-state index contributed by atoms with van der Waals surface area (Å²) in [4.78, 5) is 2.70. The highest BCUT2D eigenvalue weighted by atomic mass is 16.5. The third-order valence-electron chi connectivity index (χ3n) is 4.19. The van der Waals surface area contributed by atoms with Crippen LogP contribution < -0.4 is 5.73 Å². The number of hydrogen-bond acceptors (Lipinski definition) is 3. The second-order valence-electron chi connectivity index (χ2n) is 6.37. The average molecular weight is 240 g/mol. The van der Waals surface area contributed by atoms with Crippen molar-refractivity contribution in [2.24, 2.45) is 17.1 Å². The largest absolute Gasteiger partial charge is 0.381 e. The first-order valence-electron chi connectivity index (χ1n) is 7.17. The molecule has 2 fully saturated rings. The van der Waals surface area contributed by atoms with Gasteiger partial charge in [0.1, 0.15) is 0 Å². The maximum atomic E-state index is 6.06. The molecule has 2 rings (SSSR count). The van der Waals surface area contributed by atoms with Crippen LogP contribution >= 0.6 is 0 Å². The Bertz CT molecular complexity index is 232. The Kier molecular flexibility index (Phi) is 4.45.